The highest BCUT2D eigenvalue weighted by Gasteiger charge is 2.36. The molecule has 6 heterocycles. The number of carbonyl (C=O) groups excluding carboxylic acids is 2. The van der Waals surface area contributed by atoms with Gasteiger partial charge in [0.2, 0.25) is 11.6 Å². The summed E-state index contributed by atoms with van der Waals surface area (Å²) < 4.78 is 8.27. The van der Waals surface area contributed by atoms with Gasteiger partial charge in [-0.2, -0.15) is 0 Å². The Morgan fingerprint density at radius 3 is 2.29 bits per heavy atom. The average Bonchev–Trinajstić information content (AvgIpc) is 3.69. The first-order chi connectivity index (χ1) is 17.2. The highest BCUT2D eigenvalue weighted by molar-refractivity contribution is 7.23. The SMILES string of the molecule is O=C1C(=Cc2cc3oc(-c4ccc(-c5cccs5)s4)cc3n2-c2cccs2)C(=O)c2nccnc21. The molecule has 0 fully saturated rings. The Hall–Kier alpha value is -3.92. The Balaban J connectivity index is 1.35. The smallest absolute Gasteiger partial charge is 0.217 e. The average molecular weight is 512 g/mol. The third-order valence-electron chi connectivity index (χ3n) is 5.77. The van der Waals surface area contributed by atoms with E-state index in [1.165, 1.54) is 22.1 Å². The fourth-order valence-corrected chi connectivity index (χ4v) is 6.77. The van der Waals surface area contributed by atoms with Crippen molar-refractivity contribution in [1.29, 1.82) is 0 Å². The van der Waals surface area contributed by atoms with Crippen LogP contribution in [0.4, 0.5) is 0 Å². The van der Waals surface area contributed by atoms with Gasteiger partial charge in [-0.25, -0.2) is 9.97 Å². The number of hydrogen-bond acceptors (Lipinski definition) is 8. The summed E-state index contributed by atoms with van der Waals surface area (Å²) in [4.78, 5) is 37.3. The lowest BCUT2D eigenvalue weighted by molar-refractivity contribution is 0.0988. The van der Waals surface area contributed by atoms with Gasteiger partial charge in [-0.15, -0.1) is 34.0 Å². The number of thiophene rings is 3. The van der Waals surface area contributed by atoms with Crippen LogP contribution in [0.15, 0.2) is 81.7 Å². The standard InChI is InChI=1S/C26H13N3O3S3/c30-25-15(26(31)24-23(25)27-7-8-28-24)11-14-12-17-16(29(14)22-4-2-10-34-22)13-18(32-17)19-5-6-21(35-19)20-3-1-9-33-20/h1-13H. The molecule has 1 aliphatic carbocycles. The Kier molecular flexibility index (Phi) is 4.56. The van der Waals surface area contributed by atoms with Crippen LogP contribution in [0.1, 0.15) is 26.7 Å². The molecule has 0 bridgehead atoms. The number of rotatable bonds is 4. The quantitative estimate of drug-likeness (QED) is 0.188. The van der Waals surface area contributed by atoms with Crippen LogP contribution in [-0.4, -0.2) is 26.1 Å². The minimum Gasteiger partial charge on any atom is -0.454 e. The molecule has 0 saturated heterocycles. The van der Waals surface area contributed by atoms with Gasteiger partial charge in [0.25, 0.3) is 0 Å². The number of hydrogen-bond donors (Lipinski definition) is 0. The van der Waals surface area contributed by atoms with E-state index < -0.39 is 11.6 Å². The van der Waals surface area contributed by atoms with E-state index in [9.17, 15) is 9.59 Å². The molecule has 35 heavy (non-hydrogen) atoms. The molecule has 0 aliphatic heterocycles. The Bertz CT molecular complexity index is 1750. The molecule has 7 rings (SSSR count). The molecule has 0 amide bonds. The van der Waals surface area contributed by atoms with Gasteiger partial charge in [-0.3, -0.25) is 14.2 Å². The number of nitrogens with zero attached hydrogens (tertiary/aromatic N) is 3. The number of fused-ring (bicyclic) bond motifs is 2. The van der Waals surface area contributed by atoms with Crippen molar-refractivity contribution < 1.29 is 14.0 Å². The Labute approximate surface area is 210 Å². The summed E-state index contributed by atoms with van der Waals surface area (Å²) in [5, 5.41) is 5.01. The minimum atomic E-state index is -0.408. The fourth-order valence-electron chi connectivity index (χ4n) is 4.21. The predicted molar refractivity (Wildman–Crippen MR) is 139 cm³/mol. The molecule has 0 atom stereocenters. The molecule has 0 N–H and O–H groups in total. The van der Waals surface area contributed by atoms with Gasteiger partial charge in [0.1, 0.15) is 22.1 Å². The maximum Gasteiger partial charge on any atom is 0.217 e. The van der Waals surface area contributed by atoms with Crippen molar-refractivity contribution in [2.45, 2.75) is 0 Å². The van der Waals surface area contributed by atoms with Crippen LogP contribution in [0.5, 0.6) is 0 Å². The second kappa shape index (κ2) is 7.81. The van der Waals surface area contributed by atoms with Gasteiger partial charge in [0.05, 0.1) is 21.7 Å². The van der Waals surface area contributed by atoms with Crippen LogP contribution in [0.25, 0.3) is 42.6 Å². The fraction of sp³-hybridized carbons (Fsp3) is 0. The molecule has 0 radical (unpaired) electrons. The van der Waals surface area contributed by atoms with Crippen LogP contribution in [0, 0.1) is 0 Å². The third-order valence-corrected chi connectivity index (χ3v) is 8.79. The molecular formula is C26H13N3O3S3. The Morgan fingerprint density at radius 1 is 0.829 bits per heavy atom. The van der Waals surface area contributed by atoms with Crippen molar-refractivity contribution in [1.82, 2.24) is 14.5 Å². The zero-order chi connectivity index (χ0) is 23.5. The number of allylic oxidation sites excluding steroid dienone is 1. The Morgan fingerprint density at radius 2 is 1.57 bits per heavy atom. The number of carbonyl (C=O) groups is 2. The van der Waals surface area contributed by atoms with E-state index in [0.29, 0.717) is 11.3 Å². The monoisotopic (exact) mass is 511 g/mol. The third kappa shape index (κ3) is 3.20. The van der Waals surface area contributed by atoms with Gasteiger partial charge < -0.3 is 4.42 Å². The largest absolute Gasteiger partial charge is 0.454 e. The summed E-state index contributed by atoms with van der Waals surface area (Å²) in [6, 6.07) is 16.2. The van der Waals surface area contributed by atoms with Crippen LogP contribution < -0.4 is 0 Å². The molecule has 0 spiro atoms. The number of ketones is 2. The molecule has 6 aromatic rings. The zero-order valence-corrected chi connectivity index (χ0v) is 20.2. The van der Waals surface area contributed by atoms with Crippen molar-refractivity contribution >= 4 is 62.8 Å². The lowest BCUT2D eigenvalue weighted by Crippen LogP contribution is -2.02. The number of Topliss-reactive ketones (excluding diaryl/α,β-unsaturated/α-hetero) is 2. The summed E-state index contributed by atoms with van der Waals surface area (Å²) >= 11 is 4.96. The van der Waals surface area contributed by atoms with Crippen molar-refractivity contribution in [3.05, 3.63) is 94.3 Å². The molecule has 9 heteroatoms. The van der Waals surface area contributed by atoms with E-state index >= 15 is 0 Å². The van der Waals surface area contributed by atoms with Crippen molar-refractivity contribution in [2.75, 3.05) is 0 Å². The molecule has 0 aromatic carbocycles. The topological polar surface area (TPSA) is 78.0 Å². The lowest BCUT2D eigenvalue weighted by atomic mass is 10.1. The maximum absolute atomic E-state index is 12.9. The van der Waals surface area contributed by atoms with Crippen LogP contribution in [0.3, 0.4) is 0 Å². The molecule has 0 saturated carbocycles. The van der Waals surface area contributed by atoms with Crippen LogP contribution >= 0.6 is 34.0 Å². The minimum absolute atomic E-state index is 0.0585. The molecule has 6 nitrogen and oxygen atoms in total. The van der Waals surface area contributed by atoms with Crippen LogP contribution in [0.2, 0.25) is 0 Å². The molecule has 0 unspecified atom stereocenters. The summed E-state index contributed by atoms with van der Waals surface area (Å²) in [7, 11) is 0. The second-order valence-electron chi connectivity index (χ2n) is 7.83. The predicted octanol–water partition coefficient (Wildman–Crippen LogP) is 6.99. The maximum atomic E-state index is 12.9. The van der Waals surface area contributed by atoms with E-state index in [-0.39, 0.29) is 17.0 Å². The number of furan rings is 1. The first kappa shape index (κ1) is 20.5. The molecule has 168 valence electrons. The van der Waals surface area contributed by atoms with Crippen molar-refractivity contribution in [3.63, 3.8) is 0 Å². The van der Waals surface area contributed by atoms with E-state index in [1.807, 2.05) is 40.3 Å². The van der Waals surface area contributed by atoms with E-state index in [0.717, 1.165) is 21.2 Å². The molecular weight excluding hydrogens is 499 g/mol. The lowest BCUT2D eigenvalue weighted by Gasteiger charge is -2.04. The van der Waals surface area contributed by atoms with E-state index in [4.69, 9.17) is 4.42 Å². The van der Waals surface area contributed by atoms with Crippen molar-refractivity contribution in [3.8, 4) is 25.4 Å². The first-order valence-corrected chi connectivity index (χ1v) is 13.2. The summed E-state index contributed by atoms with van der Waals surface area (Å²) in [5.74, 6) is -0.0378. The van der Waals surface area contributed by atoms with Crippen molar-refractivity contribution in [2.24, 2.45) is 0 Å². The van der Waals surface area contributed by atoms with Gasteiger partial charge >= 0.3 is 0 Å². The van der Waals surface area contributed by atoms with Gasteiger partial charge in [0, 0.05) is 34.3 Å². The summed E-state index contributed by atoms with van der Waals surface area (Å²) in [6.07, 6.45) is 4.46. The molecule has 6 aromatic heterocycles. The highest BCUT2D eigenvalue weighted by atomic mass is 32.1. The second-order valence-corrected chi connectivity index (χ2v) is 10.8. The number of aromatic nitrogens is 3. The molecule has 1 aliphatic rings. The first-order valence-electron chi connectivity index (χ1n) is 10.6. The summed E-state index contributed by atoms with van der Waals surface area (Å²) in [5.41, 5.74) is 2.49. The zero-order valence-electron chi connectivity index (χ0n) is 17.8. The highest BCUT2D eigenvalue weighted by Crippen LogP contribution is 2.40. The van der Waals surface area contributed by atoms with Gasteiger partial charge in [0.15, 0.2) is 5.58 Å². The van der Waals surface area contributed by atoms with E-state index in [2.05, 4.69) is 33.5 Å². The van der Waals surface area contributed by atoms with E-state index in [1.54, 1.807) is 40.1 Å². The summed E-state index contributed by atoms with van der Waals surface area (Å²) in [6.45, 7) is 0. The van der Waals surface area contributed by atoms with Gasteiger partial charge in [-0.05, 0) is 47.2 Å². The normalized spacial score (nSPS) is 13.2. The van der Waals surface area contributed by atoms with Crippen LogP contribution in [-0.2, 0) is 0 Å². The van der Waals surface area contributed by atoms with Gasteiger partial charge in [-0.1, -0.05) is 6.07 Å².